The zero-order valence-corrected chi connectivity index (χ0v) is 14.9. The molecule has 3 heterocycles. The summed E-state index contributed by atoms with van der Waals surface area (Å²) in [5, 5.41) is 11.9. The molecular formula is C16H26ClN5O. The molecular weight excluding hydrogens is 314 g/mol. The third-order valence-electron chi connectivity index (χ3n) is 6.19. The maximum absolute atomic E-state index is 12.7. The van der Waals surface area contributed by atoms with Gasteiger partial charge in [-0.2, -0.15) is 0 Å². The Morgan fingerprint density at radius 3 is 2.43 bits per heavy atom. The van der Waals surface area contributed by atoms with Crippen LogP contribution in [0.5, 0.6) is 0 Å². The average molecular weight is 340 g/mol. The van der Waals surface area contributed by atoms with Crippen LogP contribution in [0.3, 0.4) is 0 Å². The number of halogens is 1. The van der Waals surface area contributed by atoms with Crippen LogP contribution in [0.4, 0.5) is 0 Å². The van der Waals surface area contributed by atoms with Crippen LogP contribution in [-0.4, -0.2) is 52.0 Å². The normalized spacial score (nSPS) is 29.1. The lowest BCUT2D eigenvalue weighted by molar-refractivity contribution is 0.0751. The quantitative estimate of drug-likeness (QED) is 0.890. The highest BCUT2D eigenvalue weighted by Crippen LogP contribution is 2.62. The molecule has 1 N–H and O–H groups in total. The van der Waals surface area contributed by atoms with Gasteiger partial charge in [0.25, 0.3) is 5.91 Å². The number of carbonyl (C=O) groups is 1. The number of hydrogen-bond donors (Lipinski definition) is 1. The summed E-state index contributed by atoms with van der Waals surface area (Å²) in [6.07, 6.45) is 2.11. The van der Waals surface area contributed by atoms with Gasteiger partial charge in [0.2, 0.25) is 0 Å². The lowest BCUT2D eigenvalue weighted by atomic mass is 10.1. The fraction of sp³-hybridized carbons (Fsp3) is 0.812. The van der Waals surface area contributed by atoms with Crippen LogP contribution in [0.2, 0.25) is 0 Å². The topological polar surface area (TPSA) is 63.1 Å². The Morgan fingerprint density at radius 2 is 1.83 bits per heavy atom. The first-order valence-corrected chi connectivity index (χ1v) is 8.42. The van der Waals surface area contributed by atoms with Crippen LogP contribution in [-0.2, 0) is 0 Å². The number of nitrogens with zero attached hydrogens (tertiary/aromatic N) is 4. The van der Waals surface area contributed by atoms with Gasteiger partial charge < -0.3 is 10.2 Å². The summed E-state index contributed by atoms with van der Waals surface area (Å²) in [6.45, 7) is 10.4. The Morgan fingerprint density at radius 1 is 1.22 bits per heavy atom. The summed E-state index contributed by atoms with van der Waals surface area (Å²) in [7, 11) is 0. The first-order valence-electron chi connectivity index (χ1n) is 8.42. The van der Waals surface area contributed by atoms with Gasteiger partial charge in [-0.15, -0.1) is 17.5 Å². The number of rotatable bonds is 2. The van der Waals surface area contributed by atoms with Gasteiger partial charge >= 0.3 is 0 Å². The Bertz CT molecular complexity index is 594. The van der Waals surface area contributed by atoms with Crippen molar-refractivity contribution >= 4 is 18.3 Å². The number of hydrogen-bond acceptors (Lipinski definition) is 4. The number of likely N-dealkylation sites (tertiary alicyclic amines) is 1. The monoisotopic (exact) mass is 339 g/mol. The summed E-state index contributed by atoms with van der Waals surface area (Å²) in [6, 6.07) is 0.376. The van der Waals surface area contributed by atoms with Crippen LogP contribution in [0, 0.1) is 24.2 Å². The fourth-order valence-electron chi connectivity index (χ4n) is 4.38. The minimum atomic E-state index is 0. The third kappa shape index (κ3) is 2.56. The molecule has 23 heavy (non-hydrogen) atoms. The lowest BCUT2D eigenvalue weighted by Gasteiger charge is -2.24. The summed E-state index contributed by atoms with van der Waals surface area (Å²) < 4.78 is 1.97. The van der Waals surface area contributed by atoms with Gasteiger partial charge in [-0.1, -0.05) is 19.1 Å². The molecule has 2 unspecified atom stereocenters. The van der Waals surface area contributed by atoms with Gasteiger partial charge in [-0.05, 0) is 50.1 Å². The van der Waals surface area contributed by atoms with Crippen LogP contribution >= 0.6 is 12.4 Å². The molecule has 0 aromatic carbocycles. The number of piperidine rings is 2. The van der Waals surface area contributed by atoms with E-state index in [1.54, 1.807) is 0 Å². The number of fused-ring (bicyclic) bond motifs is 1. The molecule has 0 radical (unpaired) electrons. The second-order valence-corrected chi connectivity index (χ2v) is 7.69. The van der Waals surface area contributed by atoms with Gasteiger partial charge in [0, 0.05) is 13.1 Å². The molecule has 2 atom stereocenters. The Labute approximate surface area is 143 Å². The minimum Gasteiger partial charge on any atom is -0.337 e. The predicted molar refractivity (Wildman–Crippen MR) is 89.8 cm³/mol. The van der Waals surface area contributed by atoms with Crippen LogP contribution in [0.1, 0.15) is 48.9 Å². The summed E-state index contributed by atoms with van der Waals surface area (Å²) in [5.74, 6) is 1.42. The fourth-order valence-corrected chi connectivity index (χ4v) is 4.38. The highest BCUT2D eigenvalue weighted by Gasteiger charge is 2.62. The summed E-state index contributed by atoms with van der Waals surface area (Å²) >= 11 is 0. The number of amides is 1. The van der Waals surface area contributed by atoms with Crippen molar-refractivity contribution in [3.63, 3.8) is 0 Å². The molecule has 2 aliphatic heterocycles. The largest absolute Gasteiger partial charge is 0.337 e. The molecule has 7 heteroatoms. The van der Waals surface area contributed by atoms with Gasteiger partial charge in [0.1, 0.15) is 0 Å². The van der Waals surface area contributed by atoms with E-state index in [9.17, 15) is 4.79 Å². The third-order valence-corrected chi connectivity index (χ3v) is 6.19. The van der Waals surface area contributed by atoms with Gasteiger partial charge in [0.05, 0.1) is 11.7 Å². The first kappa shape index (κ1) is 16.7. The molecule has 6 nitrogen and oxygen atoms in total. The van der Waals surface area contributed by atoms with Crippen molar-refractivity contribution in [3.05, 3.63) is 11.4 Å². The number of aromatic nitrogens is 3. The zero-order chi connectivity index (χ0) is 15.5. The first-order chi connectivity index (χ1) is 10.5. The van der Waals surface area contributed by atoms with E-state index in [2.05, 4.69) is 29.5 Å². The maximum Gasteiger partial charge on any atom is 0.276 e. The SMILES string of the molecule is Cc1c(C(=O)N2CC3C(C2)C3(C)C)nnn1C1CCNCC1.Cl. The van der Waals surface area contributed by atoms with Crippen LogP contribution < -0.4 is 5.32 Å². The van der Waals surface area contributed by atoms with Crippen LogP contribution in [0.25, 0.3) is 0 Å². The lowest BCUT2D eigenvalue weighted by Crippen LogP contribution is -2.34. The molecule has 1 aromatic rings. The van der Waals surface area contributed by atoms with Gasteiger partial charge in [0.15, 0.2) is 5.69 Å². The van der Waals surface area contributed by atoms with E-state index in [0.717, 1.165) is 44.7 Å². The smallest absolute Gasteiger partial charge is 0.276 e. The van der Waals surface area contributed by atoms with Crippen molar-refractivity contribution in [2.24, 2.45) is 17.3 Å². The molecule has 2 saturated heterocycles. The Hall–Kier alpha value is -1.14. The van der Waals surface area contributed by atoms with Crippen LogP contribution in [0.15, 0.2) is 0 Å². The second kappa shape index (κ2) is 5.74. The summed E-state index contributed by atoms with van der Waals surface area (Å²) in [5.41, 5.74) is 1.91. The number of carbonyl (C=O) groups excluding carboxylic acids is 1. The molecule has 3 fully saturated rings. The molecule has 4 rings (SSSR count). The molecule has 3 aliphatic rings. The van der Waals surface area contributed by atoms with E-state index in [0.29, 0.717) is 29.0 Å². The molecule has 1 amide bonds. The predicted octanol–water partition coefficient (Wildman–Crippen LogP) is 1.66. The molecule has 0 bridgehead atoms. The Balaban J connectivity index is 0.00000156. The molecule has 1 saturated carbocycles. The average Bonchev–Trinajstić information content (AvgIpc) is 2.95. The van der Waals surface area contributed by atoms with E-state index in [1.807, 2.05) is 16.5 Å². The molecule has 1 aliphatic carbocycles. The maximum atomic E-state index is 12.7. The standard InChI is InChI=1S/C16H25N5O.ClH/c1-10-14(18-19-21(10)11-4-6-17-7-5-11)15(22)20-8-12-13(9-20)16(12,2)3;/h11-13,17H,4-9H2,1-3H3;1H. The molecule has 1 aromatic heterocycles. The molecule has 0 spiro atoms. The minimum absolute atomic E-state index is 0. The molecule has 128 valence electrons. The highest BCUT2D eigenvalue weighted by atomic mass is 35.5. The van der Waals surface area contributed by atoms with Crippen molar-refractivity contribution < 1.29 is 4.79 Å². The van der Waals surface area contributed by atoms with E-state index in [1.165, 1.54) is 0 Å². The van der Waals surface area contributed by atoms with E-state index in [4.69, 9.17) is 0 Å². The van der Waals surface area contributed by atoms with Crippen molar-refractivity contribution in [2.75, 3.05) is 26.2 Å². The van der Waals surface area contributed by atoms with Crippen molar-refractivity contribution in [1.29, 1.82) is 0 Å². The number of nitrogens with one attached hydrogen (secondary N) is 1. The van der Waals surface area contributed by atoms with Crippen molar-refractivity contribution in [2.45, 2.75) is 39.7 Å². The van der Waals surface area contributed by atoms with Gasteiger partial charge in [-0.25, -0.2) is 4.68 Å². The summed E-state index contributed by atoms with van der Waals surface area (Å²) in [4.78, 5) is 14.7. The zero-order valence-electron chi connectivity index (χ0n) is 14.1. The van der Waals surface area contributed by atoms with E-state index >= 15 is 0 Å². The Kier molecular flexibility index (Phi) is 4.17. The van der Waals surface area contributed by atoms with E-state index in [-0.39, 0.29) is 18.3 Å². The van der Waals surface area contributed by atoms with Crippen molar-refractivity contribution in [1.82, 2.24) is 25.2 Å². The van der Waals surface area contributed by atoms with Gasteiger partial charge in [-0.3, -0.25) is 4.79 Å². The highest BCUT2D eigenvalue weighted by molar-refractivity contribution is 5.93. The second-order valence-electron chi connectivity index (χ2n) is 7.69. The van der Waals surface area contributed by atoms with Crippen molar-refractivity contribution in [3.8, 4) is 0 Å². The van der Waals surface area contributed by atoms with E-state index < -0.39 is 0 Å².